The first kappa shape index (κ1) is 17.5. The van der Waals surface area contributed by atoms with Gasteiger partial charge in [0.15, 0.2) is 0 Å². The standard InChI is InChI=1S/C21H23N3O3/c1-14-9-15(2)20-16(10-14)11-19(21(25)26)24(20)13-17-12-18(3-4-22-17)23-5-7-27-8-6-23/h3-4,9-12H,5-8,13H2,1-2H3,(H,25,26). The van der Waals surface area contributed by atoms with E-state index in [1.54, 1.807) is 12.3 Å². The average molecular weight is 365 g/mol. The van der Waals surface area contributed by atoms with Crippen molar-refractivity contribution in [1.29, 1.82) is 0 Å². The van der Waals surface area contributed by atoms with Crippen LogP contribution in [0, 0.1) is 13.8 Å². The zero-order valence-electron chi connectivity index (χ0n) is 15.6. The summed E-state index contributed by atoms with van der Waals surface area (Å²) in [4.78, 5) is 18.6. The number of aryl methyl sites for hydroxylation is 2. The topological polar surface area (TPSA) is 67.6 Å². The molecule has 0 atom stereocenters. The summed E-state index contributed by atoms with van der Waals surface area (Å²) >= 11 is 0. The van der Waals surface area contributed by atoms with E-state index in [2.05, 4.69) is 16.0 Å². The Morgan fingerprint density at radius 2 is 1.96 bits per heavy atom. The molecular weight excluding hydrogens is 342 g/mol. The highest BCUT2D eigenvalue weighted by Gasteiger charge is 2.18. The molecule has 0 unspecified atom stereocenters. The highest BCUT2D eigenvalue weighted by atomic mass is 16.5. The molecule has 140 valence electrons. The fourth-order valence-corrected chi connectivity index (χ4v) is 3.89. The quantitative estimate of drug-likeness (QED) is 0.769. The Kier molecular flexibility index (Phi) is 4.58. The Balaban J connectivity index is 1.75. The molecule has 1 aliphatic rings. The lowest BCUT2D eigenvalue weighted by Gasteiger charge is -2.29. The monoisotopic (exact) mass is 365 g/mol. The first-order valence-electron chi connectivity index (χ1n) is 9.14. The number of hydrogen-bond donors (Lipinski definition) is 1. The second-order valence-electron chi connectivity index (χ2n) is 7.05. The van der Waals surface area contributed by atoms with Gasteiger partial charge in [0, 0.05) is 30.4 Å². The number of pyridine rings is 1. The van der Waals surface area contributed by atoms with Crippen molar-refractivity contribution in [1.82, 2.24) is 9.55 Å². The minimum Gasteiger partial charge on any atom is -0.477 e. The van der Waals surface area contributed by atoms with Crippen LogP contribution in [0.2, 0.25) is 0 Å². The van der Waals surface area contributed by atoms with Gasteiger partial charge in [0.05, 0.1) is 31.0 Å². The van der Waals surface area contributed by atoms with Crippen molar-refractivity contribution >= 4 is 22.6 Å². The van der Waals surface area contributed by atoms with E-state index in [0.717, 1.165) is 59.7 Å². The van der Waals surface area contributed by atoms with E-state index < -0.39 is 5.97 Å². The van der Waals surface area contributed by atoms with Crippen LogP contribution >= 0.6 is 0 Å². The number of carbonyl (C=O) groups is 1. The Bertz CT molecular complexity index is 1000. The van der Waals surface area contributed by atoms with Crippen molar-refractivity contribution in [2.45, 2.75) is 20.4 Å². The van der Waals surface area contributed by atoms with Gasteiger partial charge in [-0.15, -0.1) is 0 Å². The van der Waals surface area contributed by atoms with Crippen LogP contribution in [-0.2, 0) is 11.3 Å². The molecule has 6 nitrogen and oxygen atoms in total. The van der Waals surface area contributed by atoms with E-state index in [-0.39, 0.29) is 5.69 Å². The second kappa shape index (κ2) is 7.04. The van der Waals surface area contributed by atoms with Crippen LogP contribution in [0.5, 0.6) is 0 Å². The lowest BCUT2D eigenvalue weighted by Crippen LogP contribution is -2.36. The number of carboxylic acids is 1. The summed E-state index contributed by atoms with van der Waals surface area (Å²) in [5.41, 5.74) is 5.39. The van der Waals surface area contributed by atoms with Gasteiger partial charge >= 0.3 is 5.97 Å². The predicted octanol–water partition coefficient (Wildman–Crippen LogP) is 3.24. The van der Waals surface area contributed by atoms with Crippen molar-refractivity contribution in [3.63, 3.8) is 0 Å². The fraction of sp³-hybridized carbons (Fsp3) is 0.333. The second-order valence-corrected chi connectivity index (χ2v) is 7.05. The predicted molar refractivity (Wildman–Crippen MR) is 105 cm³/mol. The molecule has 1 saturated heterocycles. The smallest absolute Gasteiger partial charge is 0.352 e. The minimum atomic E-state index is -0.924. The van der Waals surface area contributed by atoms with Gasteiger partial charge in [-0.25, -0.2) is 4.79 Å². The molecule has 1 aromatic carbocycles. The molecule has 0 bridgehead atoms. The number of carboxylic acid groups (broad SMARTS) is 1. The number of benzene rings is 1. The molecule has 1 aliphatic heterocycles. The number of nitrogens with zero attached hydrogens (tertiary/aromatic N) is 3. The van der Waals surface area contributed by atoms with Gasteiger partial charge in [0.1, 0.15) is 5.69 Å². The third-order valence-electron chi connectivity index (χ3n) is 5.04. The summed E-state index contributed by atoms with van der Waals surface area (Å²) in [7, 11) is 0. The van der Waals surface area contributed by atoms with Gasteiger partial charge in [-0.1, -0.05) is 11.6 Å². The van der Waals surface area contributed by atoms with Gasteiger partial charge in [0.25, 0.3) is 0 Å². The van der Waals surface area contributed by atoms with Crippen molar-refractivity contribution < 1.29 is 14.6 Å². The molecule has 0 radical (unpaired) electrons. The maximum Gasteiger partial charge on any atom is 0.352 e. The summed E-state index contributed by atoms with van der Waals surface area (Å²) < 4.78 is 7.28. The lowest BCUT2D eigenvalue weighted by atomic mass is 10.1. The Morgan fingerprint density at radius 1 is 1.19 bits per heavy atom. The zero-order chi connectivity index (χ0) is 19.0. The molecule has 2 aromatic heterocycles. The number of aromatic nitrogens is 2. The summed E-state index contributed by atoms with van der Waals surface area (Å²) in [6.07, 6.45) is 1.79. The fourth-order valence-electron chi connectivity index (χ4n) is 3.89. The SMILES string of the molecule is Cc1cc(C)c2c(c1)cc(C(=O)O)n2Cc1cc(N2CCOCC2)ccn1. The first-order chi connectivity index (χ1) is 13.0. The number of hydrogen-bond acceptors (Lipinski definition) is 4. The van der Waals surface area contributed by atoms with Crippen LogP contribution in [0.3, 0.4) is 0 Å². The van der Waals surface area contributed by atoms with Gasteiger partial charge in [-0.2, -0.15) is 0 Å². The molecule has 3 heterocycles. The van der Waals surface area contributed by atoms with E-state index in [4.69, 9.17) is 4.74 Å². The molecule has 0 aliphatic carbocycles. The molecule has 4 rings (SSSR count). The normalized spacial score (nSPS) is 14.7. The van der Waals surface area contributed by atoms with Crippen molar-refractivity contribution in [3.8, 4) is 0 Å². The van der Waals surface area contributed by atoms with Crippen LogP contribution < -0.4 is 4.90 Å². The van der Waals surface area contributed by atoms with E-state index in [0.29, 0.717) is 6.54 Å². The molecule has 0 amide bonds. The van der Waals surface area contributed by atoms with Gasteiger partial charge in [-0.3, -0.25) is 4.98 Å². The number of ether oxygens (including phenoxy) is 1. The highest BCUT2D eigenvalue weighted by molar-refractivity contribution is 5.96. The highest BCUT2D eigenvalue weighted by Crippen LogP contribution is 2.26. The summed E-state index contributed by atoms with van der Waals surface area (Å²) in [6.45, 7) is 7.63. The summed E-state index contributed by atoms with van der Waals surface area (Å²) in [5, 5.41) is 10.7. The van der Waals surface area contributed by atoms with Crippen LogP contribution in [0.15, 0.2) is 36.5 Å². The Morgan fingerprint density at radius 3 is 2.70 bits per heavy atom. The molecule has 1 fully saturated rings. The maximum atomic E-state index is 11.8. The van der Waals surface area contributed by atoms with Crippen LogP contribution in [-0.4, -0.2) is 46.9 Å². The zero-order valence-corrected chi connectivity index (χ0v) is 15.6. The van der Waals surface area contributed by atoms with E-state index in [1.807, 2.05) is 36.6 Å². The number of anilines is 1. The molecule has 27 heavy (non-hydrogen) atoms. The maximum absolute atomic E-state index is 11.8. The van der Waals surface area contributed by atoms with E-state index in [1.165, 1.54) is 0 Å². The summed E-state index contributed by atoms with van der Waals surface area (Å²) in [6, 6.07) is 9.91. The number of aromatic carboxylic acids is 1. The number of morpholine rings is 1. The Labute approximate surface area is 158 Å². The van der Waals surface area contributed by atoms with Crippen molar-refractivity contribution in [2.75, 3.05) is 31.2 Å². The molecule has 3 aromatic rings. The van der Waals surface area contributed by atoms with Gasteiger partial charge < -0.3 is 19.3 Å². The average Bonchev–Trinajstić information content (AvgIpc) is 3.01. The number of rotatable bonds is 4. The van der Waals surface area contributed by atoms with Crippen LogP contribution in [0.1, 0.15) is 27.3 Å². The van der Waals surface area contributed by atoms with Gasteiger partial charge in [-0.05, 0) is 43.7 Å². The third kappa shape index (κ3) is 3.40. The summed E-state index contributed by atoms with van der Waals surface area (Å²) in [5.74, 6) is -0.924. The van der Waals surface area contributed by atoms with Gasteiger partial charge in [0.2, 0.25) is 0 Å². The molecule has 6 heteroatoms. The number of fused-ring (bicyclic) bond motifs is 1. The van der Waals surface area contributed by atoms with Crippen molar-refractivity contribution in [3.05, 3.63) is 59.0 Å². The molecular formula is C21H23N3O3. The van der Waals surface area contributed by atoms with Crippen LogP contribution in [0.4, 0.5) is 5.69 Å². The largest absolute Gasteiger partial charge is 0.477 e. The van der Waals surface area contributed by atoms with Crippen molar-refractivity contribution in [2.24, 2.45) is 0 Å². The lowest BCUT2D eigenvalue weighted by molar-refractivity contribution is 0.0686. The minimum absolute atomic E-state index is 0.289. The first-order valence-corrected chi connectivity index (χ1v) is 9.14. The van der Waals surface area contributed by atoms with Crippen LogP contribution in [0.25, 0.3) is 10.9 Å². The van der Waals surface area contributed by atoms with E-state index in [9.17, 15) is 9.90 Å². The molecule has 0 spiro atoms. The van der Waals surface area contributed by atoms with E-state index >= 15 is 0 Å². The third-order valence-corrected chi connectivity index (χ3v) is 5.04. The molecule has 0 saturated carbocycles. The molecule has 1 N–H and O–H groups in total. The Hall–Kier alpha value is -2.86.